The lowest BCUT2D eigenvalue weighted by atomic mass is 10.4. The van der Waals surface area contributed by atoms with Crippen molar-refractivity contribution >= 4 is 20.0 Å². The Morgan fingerprint density at radius 2 is 0.957 bits per heavy atom. The van der Waals surface area contributed by atoms with E-state index in [2.05, 4.69) is 0 Å². The van der Waals surface area contributed by atoms with Crippen molar-refractivity contribution in [3.63, 3.8) is 0 Å². The summed E-state index contributed by atoms with van der Waals surface area (Å²) in [6.07, 6.45) is 0. The molecule has 0 bridgehead atoms. The van der Waals surface area contributed by atoms with Gasteiger partial charge in [-0.1, -0.05) is 36.4 Å². The highest BCUT2D eigenvalue weighted by Gasteiger charge is 2.27. The van der Waals surface area contributed by atoms with Gasteiger partial charge in [0.15, 0.2) is 0 Å². The number of sulfonamides is 2. The van der Waals surface area contributed by atoms with Crippen molar-refractivity contribution in [2.75, 3.05) is 20.8 Å². The fourth-order valence-corrected chi connectivity index (χ4v) is 4.42. The van der Waals surface area contributed by atoms with E-state index in [1.54, 1.807) is 36.4 Å². The van der Waals surface area contributed by atoms with Gasteiger partial charge in [0.2, 0.25) is 20.0 Å². The van der Waals surface area contributed by atoms with E-state index in [1.165, 1.54) is 38.4 Å². The zero-order valence-electron chi connectivity index (χ0n) is 12.8. The van der Waals surface area contributed by atoms with E-state index in [0.29, 0.717) is 0 Å². The minimum Gasteiger partial charge on any atom is -0.207 e. The molecule has 0 saturated heterocycles. The average molecular weight is 354 g/mol. The van der Waals surface area contributed by atoms with E-state index in [9.17, 15) is 16.8 Å². The predicted molar refractivity (Wildman–Crippen MR) is 87.6 cm³/mol. The van der Waals surface area contributed by atoms with Crippen LogP contribution in [0.1, 0.15) is 0 Å². The van der Waals surface area contributed by atoms with E-state index in [4.69, 9.17) is 0 Å². The van der Waals surface area contributed by atoms with Crippen molar-refractivity contribution in [3.05, 3.63) is 60.7 Å². The normalized spacial score (nSPS) is 12.7. The largest absolute Gasteiger partial charge is 0.244 e. The van der Waals surface area contributed by atoms with Crippen LogP contribution in [-0.4, -0.2) is 46.2 Å². The van der Waals surface area contributed by atoms with Crippen LogP contribution in [0, 0.1) is 0 Å². The van der Waals surface area contributed by atoms with Crippen LogP contribution in [0.3, 0.4) is 0 Å². The second-order valence-corrected chi connectivity index (χ2v) is 9.06. The molecule has 2 aromatic rings. The Kier molecular flexibility index (Phi) is 5.20. The maximum absolute atomic E-state index is 12.4. The van der Waals surface area contributed by atoms with Crippen LogP contribution in [0.4, 0.5) is 0 Å². The Bertz CT molecular complexity index is 777. The third-order valence-electron chi connectivity index (χ3n) is 3.30. The standard InChI is InChI=1S/C15H18N2O4S2/c1-16(22(18,19)14-9-5-3-6-10-14)13-17(2)23(20,21)15-11-7-4-8-12-15/h3-12H,13H2,1-2H3. The number of nitrogens with zero attached hydrogens (tertiary/aromatic N) is 2. The minimum atomic E-state index is -3.75. The zero-order valence-corrected chi connectivity index (χ0v) is 14.5. The van der Waals surface area contributed by atoms with Crippen LogP contribution >= 0.6 is 0 Å². The van der Waals surface area contributed by atoms with Crippen molar-refractivity contribution in [2.24, 2.45) is 0 Å². The molecule has 0 heterocycles. The molecule has 0 N–H and O–H groups in total. The number of hydrogen-bond acceptors (Lipinski definition) is 4. The fraction of sp³-hybridized carbons (Fsp3) is 0.200. The first-order valence-corrected chi connectivity index (χ1v) is 9.67. The number of hydrogen-bond donors (Lipinski definition) is 0. The lowest BCUT2D eigenvalue weighted by molar-refractivity contribution is 0.351. The Hall–Kier alpha value is -1.74. The highest BCUT2D eigenvalue weighted by molar-refractivity contribution is 7.90. The first kappa shape index (κ1) is 17.6. The van der Waals surface area contributed by atoms with Crippen LogP contribution in [-0.2, 0) is 20.0 Å². The van der Waals surface area contributed by atoms with Crippen LogP contribution in [0.5, 0.6) is 0 Å². The van der Waals surface area contributed by atoms with Crippen molar-refractivity contribution < 1.29 is 16.8 Å². The Morgan fingerprint density at radius 3 is 1.26 bits per heavy atom. The SMILES string of the molecule is CN(CN(C)S(=O)(=O)c1ccccc1)S(=O)(=O)c1ccccc1. The summed E-state index contributed by atoms with van der Waals surface area (Å²) in [5.74, 6) is 0. The van der Waals surface area contributed by atoms with Crippen LogP contribution < -0.4 is 0 Å². The summed E-state index contributed by atoms with van der Waals surface area (Å²) in [6.45, 7) is -0.283. The molecule has 0 aliphatic carbocycles. The van der Waals surface area contributed by atoms with E-state index >= 15 is 0 Å². The molecule has 0 radical (unpaired) electrons. The molecular weight excluding hydrogens is 336 g/mol. The third kappa shape index (κ3) is 3.78. The van der Waals surface area contributed by atoms with E-state index in [0.717, 1.165) is 8.61 Å². The van der Waals surface area contributed by atoms with Gasteiger partial charge in [-0.3, -0.25) is 0 Å². The molecule has 0 spiro atoms. The summed E-state index contributed by atoms with van der Waals surface area (Å²) in [4.78, 5) is 0.237. The summed E-state index contributed by atoms with van der Waals surface area (Å²) in [5, 5.41) is 0. The summed E-state index contributed by atoms with van der Waals surface area (Å²) in [5.41, 5.74) is 0. The van der Waals surface area contributed by atoms with E-state index < -0.39 is 20.0 Å². The molecule has 0 fully saturated rings. The van der Waals surface area contributed by atoms with Gasteiger partial charge in [-0.2, -0.15) is 8.61 Å². The lowest BCUT2D eigenvalue weighted by Crippen LogP contribution is -2.40. The molecule has 6 nitrogen and oxygen atoms in total. The first-order valence-electron chi connectivity index (χ1n) is 6.79. The lowest BCUT2D eigenvalue weighted by Gasteiger charge is -2.24. The number of rotatable bonds is 6. The molecule has 23 heavy (non-hydrogen) atoms. The molecule has 0 unspecified atom stereocenters. The molecule has 0 aliphatic rings. The molecule has 0 aliphatic heterocycles. The van der Waals surface area contributed by atoms with Gasteiger partial charge in [-0.05, 0) is 24.3 Å². The quantitative estimate of drug-likeness (QED) is 0.738. The summed E-state index contributed by atoms with van der Waals surface area (Å²) in [6, 6.07) is 15.8. The second kappa shape index (κ2) is 6.79. The number of benzene rings is 2. The predicted octanol–water partition coefficient (Wildman–Crippen LogP) is 1.59. The van der Waals surface area contributed by atoms with Crippen LogP contribution in [0.15, 0.2) is 70.5 Å². The average Bonchev–Trinajstić information content (AvgIpc) is 2.56. The molecule has 124 valence electrons. The topological polar surface area (TPSA) is 74.8 Å². The van der Waals surface area contributed by atoms with Gasteiger partial charge in [-0.15, -0.1) is 0 Å². The molecule has 0 amide bonds. The van der Waals surface area contributed by atoms with Crippen molar-refractivity contribution in [3.8, 4) is 0 Å². The zero-order chi connectivity index (χ0) is 17.1. The molecule has 0 atom stereocenters. The van der Waals surface area contributed by atoms with Gasteiger partial charge in [0.1, 0.15) is 0 Å². The van der Waals surface area contributed by atoms with Crippen LogP contribution in [0.25, 0.3) is 0 Å². The molecule has 8 heteroatoms. The minimum absolute atomic E-state index is 0.119. The summed E-state index contributed by atoms with van der Waals surface area (Å²) in [7, 11) is -4.81. The van der Waals surface area contributed by atoms with Crippen molar-refractivity contribution in [2.45, 2.75) is 9.79 Å². The van der Waals surface area contributed by atoms with Gasteiger partial charge in [0.05, 0.1) is 16.5 Å². The van der Waals surface area contributed by atoms with Crippen LogP contribution in [0.2, 0.25) is 0 Å². The first-order chi connectivity index (χ1) is 10.8. The van der Waals surface area contributed by atoms with Gasteiger partial charge in [-0.25, -0.2) is 16.8 Å². The fourth-order valence-electron chi connectivity index (χ4n) is 1.98. The summed E-state index contributed by atoms with van der Waals surface area (Å²) < 4.78 is 51.7. The molecular formula is C15H18N2O4S2. The van der Waals surface area contributed by atoms with Gasteiger partial charge < -0.3 is 0 Å². The molecule has 2 rings (SSSR count). The second-order valence-electron chi connectivity index (χ2n) is 4.97. The molecule has 0 saturated carbocycles. The van der Waals surface area contributed by atoms with Gasteiger partial charge in [0, 0.05) is 14.1 Å². The molecule has 2 aromatic carbocycles. The smallest absolute Gasteiger partial charge is 0.207 e. The van der Waals surface area contributed by atoms with E-state index in [1.807, 2.05) is 0 Å². The Balaban J connectivity index is 2.22. The van der Waals surface area contributed by atoms with E-state index in [-0.39, 0.29) is 16.5 Å². The Morgan fingerprint density at radius 1 is 0.652 bits per heavy atom. The summed E-state index contributed by atoms with van der Waals surface area (Å²) >= 11 is 0. The van der Waals surface area contributed by atoms with Gasteiger partial charge >= 0.3 is 0 Å². The van der Waals surface area contributed by atoms with Crippen molar-refractivity contribution in [1.82, 2.24) is 8.61 Å². The monoisotopic (exact) mass is 354 g/mol. The maximum Gasteiger partial charge on any atom is 0.244 e. The highest BCUT2D eigenvalue weighted by Crippen LogP contribution is 2.17. The molecule has 0 aromatic heterocycles. The van der Waals surface area contributed by atoms with Crippen molar-refractivity contribution in [1.29, 1.82) is 0 Å². The van der Waals surface area contributed by atoms with Gasteiger partial charge in [0.25, 0.3) is 0 Å². The highest BCUT2D eigenvalue weighted by atomic mass is 32.2. The third-order valence-corrected chi connectivity index (χ3v) is 6.91. The Labute approximate surface area is 137 Å². The maximum atomic E-state index is 12.4.